The van der Waals surface area contributed by atoms with Crippen molar-refractivity contribution in [1.29, 1.82) is 0 Å². The number of hydrogen-bond acceptors (Lipinski definition) is 3. The Bertz CT molecular complexity index is 517. The fourth-order valence-electron chi connectivity index (χ4n) is 2.78. The molecule has 0 amide bonds. The van der Waals surface area contributed by atoms with Crippen LogP contribution in [0.15, 0.2) is 36.5 Å². The molecule has 2 rings (SSSR count). The first kappa shape index (κ1) is 16.2. The summed E-state index contributed by atoms with van der Waals surface area (Å²) in [6.45, 7) is 7.64. The summed E-state index contributed by atoms with van der Waals surface area (Å²) in [4.78, 5) is 5.78. The summed E-state index contributed by atoms with van der Waals surface area (Å²) >= 11 is 1.82. The Labute approximate surface area is 132 Å². The molecule has 0 fully saturated rings. The van der Waals surface area contributed by atoms with Gasteiger partial charge in [-0.1, -0.05) is 63.9 Å². The lowest BCUT2D eigenvalue weighted by atomic mass is 9.89. The molecule has 21 heavy (non-hydrogen) atoms. The van der Waals surface area contributed by atoms with Crippen LogP contribution in [0.2, 0.25) is 0 Å². The summed E-state index contributed by atoms with van der Waals surface area (Å²) in [6, 6.07) is 11.3. The zero-order valence-corrected chi connectivity index (χ0v) is 14.1. The molecule has 0 saturated carbocycles. The van der Waals surface area contributed by atoms with Gasteiger partial charge in [-0.05, 0) is 17.9 Å². The van der Waals surface area contributed by atoms with E-state index in [0.717, 1.165) is 13.0 Å². The van der Waals surface area contributed by atoms with E-state index >= 15 is 0 Å². The van der Waals surface area contributed by atoms with Crippen LogP contribution in [-0.4, -0.2) is 4.98 Å². The highest BCUT2D eigenvalue weighted by Crippen LogP contribution is 2.28. The summed E-state index contributed by atoms with van der Waals surface area (Å²) in [5.74, 6) is 0.672. The van der Waals surface area contributed by atoms with Crippen LogP contribution in [0.25, 0.3) is 0 Å². The Morgan fingerprint density at radius 1 is 1.10 bits per heavy atom. The molecule has 3 heteroatoms. The SMILES string of the molecule is CCc1ncc(CNC(c2ccccc2)C(CC)CC)s1. The third-order valence-electron chi connectivity index (χ3n) is 4.08. The summed E-state index contributed by atoms with van der Waals surface area (Å²) in [5.41, 5.74) is 1.39. The Morgan fingerprint density at radius 2 is 1.81 bits per heavy atom. The number of benzene rings is 1. The molecule has 0 aliphatic heterocycles. The van der Waals surface area contributed by atoms with Gasteiger partial charge in [0, 0.05) is 23.7 Å². The summed E-state index contributed by atoms with van der Waals surface area (Å²) in [6.07, 6.45) is 5.45. The van der Waals surface area contributed by atoms with Crippen molar-refractivity contribution >= 4 is 11.3 Å². The minimum atomic E-state index is 0.424. The van der Waals surface area contributed by atoms with E-state index in [1.165, 1.54) is 28.3 Å². The summed E-state index contributed by atoms with van der Waals surface area (Å²) in [7, 11) is 0. The van der Waals surface area contributed by atoms with E-state index in [1.54, 1.807) is 0 Å². The first-order valence-corrected chi connectivity index (χ1v) is 8.82. The fourth-order valence-corrected chi connectivity index (χ4v) is 3.59. The zero-order valence-electron chi connectivity index (χ0n) is 13.3. The number of aromatic nitrogens is 1. The average Bonchev–Trinajstić information content (AvgIpc) is 3.00. The Kier molecular flexibility index (Phi) is 6.40. The van der Waals surface area contributed by atoms with E-state index in [-0.39, 0.29) is 0 Å². The van der Waals surface area contributed by atoms with Crippen molar-refractivity contribution in [2.45, 2.75) is 52.6 Å². The van der Waals surface area contributed by atoms with Crippen LogP contribution < -0.4 is 5.32 Å². The molecule has 1 unspecified atom stereocenters. The number of nitrogens with one attached hydrogen (secondary N) is 1. The number of nitrogens with zero attached hydrogens (tertiary/aromatic N) is 1. The Hall–Kier alpha value is -1.19. The van der Waals surface area contributed by atoms with E-state index in [0.29, 0.717) is 12.0 Å². The van der Waals surface area contributed by atoms with Crippen LogP contribution in [0.1, 0.15) is 55.1 Å². The van der Waals surface area contributed by atoms with Crippen LogP contribution in [0.3, 0.4) is 0 Å². The molecule has 2 nitrogen and oxygen atoms in total. The normalized spacial score (nSPS) is 12.8. The van der Waals surface area contributed by atoms with Crippen molar-refractivity contribution in [2.75, 3.05) is 0 Å². The highest BCUT2D eigenvalue weighted by molar-refractivity contribution is 7.11. The third-order valence-corrected chi connectivity index (χ3v) is 5.22. The maximum atomic E-state index is 4.45. The molecule has 1 atom stereocenters. The molecule has 0 aliphatic carbocycles. The molecule has 2 aromatic rings. The summed E-state index contributed by atoms with van der Waals surface area (Å²) in [5, 5.41) is 4.99. The van der Waals surface area contributed by atoms with Crippen LogP contribution in [-0.2, 0) is 13.0 Å². The molecule has 0 aliphatic rings. The van der Waals surface area contributed by atoms with E-state index in [2.05, 4.69) is 61.4 Å². The second kappa shape index (κ2) is 8.30. The van der Waals surface area contributed by atoms with Crippen LogP contribution in [0.5, 0.6) is 0 Å². The van der Waals surface area contributed by atoms with E-state index in [9.17, 15) is 0 Å². The van der Waals surface area contributed by atoms with Gasteiger partial charge >= 0.3 is 0 Å². The van der Waals surface area contributed by atoms with E-state index in [1.807, 2.05) is 17.5 Å². The maximum absolute atomic E-state index is 4.45. The average molecular weight is 302 g/mol. The van der Waals surface area contributed by atoms with Crippen LogP contribution >= 0.6 is 11.3 Å². The van der Waals surface area contributed by atoms with Crippen LogP contribution in [0.4, 0.5) is 0 Å². The molecule has 1 N–H and O–H groups in total. The minimum Gasteiger partial charge on any atom is -0.305 e. The quantitative estimate of drug-likeness (QED) is 0.744. The molecule has 114 valence electrons. The van der Waals surface area contributed by atoms with Crippen molar-refractivity contribution in [3.05, 3.63) is 52.0 Å². The van der Waals surface area contributed by atoms with Gasteiger partial charge in [-0.25, -0.2) is 4.98 Å². The summed E-state index contributed by atoms with van der Waals surface area (Å²) < 4.78 is 0. The first-order valence-electron chi connectivity index (χ1n) is 8.00. The zero-order chi connectivity index (χ0) is 15.1. The second-order valence-corrected chi connectivity index (χ2v) is 6.62. The third kappa shape index (κ3) is 4.39. The Morgan fingerprint density at radius 3 is 2.38 bits per heavy atom. The van der Waals surface area contributed by atoms with Gasteiger partial charge in [0.1, 0.15) is 0 Å². The molecule has 0 spiro atoms. The molecule has 1 aromatic carbocycles. The van der Waals surface area contributed by atoms with Gasteiger partial charge in [0.15, 0.2) is 0 Å². The van der Waals surface area contributed by atoms with Gasteiger partial charge in [-0.3, -0.25) is 0 Å². The number of rotatable bonds is 8. The maximum Gasteiger partial charge on any atom is 0.0925 e. The van der Waals surface area contributed by atoms with Gasteiger partial charge in [-0.2, -0.15) is 0 Å². The van der Waals surface area contributed by atoms with Gasteiger partial charge < -0.3 is 5.32 Å². The smallest absolute Gasteiger partial charge is 0.0925 e. The van der Waals surface area contributed by atoms with Crippen molar-refractivity contribution in [2.24, 2.45) is 5.92 Å². The van der Waals surface area contributed by atoms with Gasteiger partial charge in [0.05, 0.1) is 5.01 Å². The highest BCUT2D eigenvalue weighted by atomic mass is 32.1. The molecule has 1 heterocycles. The minimum absolute atomic E-state index is 0.424. The van der Waals surface area contributed by atoms with Gasteiger partial charge in [0.2, 0.25) is 0 Å². The standard InChI is InChI=1S/C18H26N2S/c1-4-14(5-2)18(15-10-8-7-9-11-15)20-13-16-12-19-17(6-3)21-16/h7-12,14,18,20H,4-6,13H2,1-3H3. The van der Waals surface area contributed by atoms with Crippen molar-refractivity contribution in [3.63, 3.8) is 0 Å². The predicted molar refractivity (Wildman–Crippen MR) is 91.6 cm³/mol. The van der Waals surface area contributed by atoms with Crippen molar-refractivity contribution in [3.8, 4) is 0 Å². The largest absolute Gasteiger partial charge is 0.305 e. The molecular formula is C18H26N2S. The predicted octanol–water partition coefficient (Wildman–Crippen LogP) is 4.97. The lowest BCUT2D eigenvalue weighted by Gasteiger charge is -2.27. The molecule has 0 radical (unpaired) electrons. The molecule has 0 saturated heterocycles. The molecule has 1 aromatic heterocycles. The van der Waals surface area contributed by atoms with E-state index in [4.69, 9.17) is 0 Å². The topological polar surface area (TPSA) is 24.9 Å². The monoisotopic (exact) mass is 302 g/mol. The number of thiazole rings is 1. The highest BCUT2D eigenvalue weighted by Gasteiger charge is 2.20. The molecular weight excluding hydrogens is 276 g/mol. The lowest BCUT2D eigenvalue weighted by Crippen LogP contribution is -2.27. The van der Waals surface area contributed by atoms with Crippen LogP contribution in [0, 0.1) is 5.92 Å². The van der Waals surface area contributed by atoms with Crippen molar-refractivity contribution < 1.29 is 0 Å². The van der Waals surface area contributed by atoms with Gasteiger partial charge in [-0.15, -0.1) is 11.3 Å². The van der Waals surface area contributed by atoms with E-state index < -0.39 is 0 Å². The van der Waals surface area contributed by atoms with Crippen molar-refractivity contribution in [1.82, 2.24) is 10.3 Å². The number of aryl methyl sites for hydroxylation is 1. The molecule has 0 bridgehead atoms. The first-order chi connectivity index (χ1) is 10.3. The lowest BCUT2D eigenvalue weighted by molar-refractivity contribution is 0.340. The van der Waals surface area contributed by atoms with Gasteiger partial charge in [0.25, 0.3) is 0 Å². The Balaban J connectivity index is 2.08. The number of hydrogen-bond donors (Lipinski definition) is 1. The fraction of sp³-hybridized carbons (Fsp3) is 0.500. The second-order valence-electron chi connectivity index (χ2n) is 5.42.